The molecule has 2 heterocycles. The molecule has 2 aromatic carbocycles. The van der Waals surface area contributed by atoms with Gasteiger partial charge in [0, 0.05) is 38.1 Å². The number of amides is 1. The molecular weight excluding hydrogens is 471 g/mol. The third-order valence-corrected chi connectivity index (χ3v) is 6.22. The summed E-state index contributed by atoms with van der Waals surface area (Å²) in [4.78, 5) is 22.9. The van der Waals surface area contributed by atoms with Crippen molar-refractivity contribution in [1.82, 2.24) is 19.4 Å². The van der Waals surface area contributed by atoms with Gasteiger partial charge in [0.25, 0.3) is 5.91 Å². The van der Waals surface area contributed by atoms with Crippen LogP contribution in [-0.2, 0) is 6.54 Å². The lowest BCUT2D eigenvalue weighted by Crippen LogP contribution is -2.29. The third kappa shape index (κ3) is 4.78. The number of carbonyl (C=O) groups excluding carboxylic acids is 1. The summed E-state index contributed by atoms with van der Waals surface area (Å²) in [5, 5.41) is 3.61. The summed E-state index contributed by atoms with van der Waals surface area (Å²) in [5.41, 5.74) is 8.04. The van der Waals surface area contributed by atoms with Crippen molar-refractivity contribution < 1.29 is 13.9 Å². The molecule has 3 N–H and O–H groups in total. The van der Waals surface area contributed by atoms with E-state index >= 15 is 0 Å². The summed E-state index contributed by atoms with van der Waals surface area (Å²) in [6.07, 6.45) is 5.29. The van der Waals surface area contributed by atoms with Gasteiger partial charge in [0.05, 0.1) is 16.1 Å². The Hall–Kier alpha value is -3.69. The zero-order valence-corrected chi connectivity index (χ0v) is 19.8. The molecule has 0 bridgehead atoms. The molecular formula is C25H24ClFN6O2. The number of carbonyl (C=O) groups is 1. The number of nitrogens with two attached hydrogens (primary N) is 1. The minimum absolute atomic E-state index is 0.0282. The lowest BCUT2D eigenvalue weighted by atomic mass is 10.1. The van der Waals surface area contributed by atoms with Gasteiger partial charge in [0.1, 0.15) is 29.2 Å². The number of aromatic nitrogens is 3. The zero-order valence-electron chi connectivity index (χ0n) is 19.0. The lowest BCUT2D eigenvalue weighted by Gasteiger charge is -2.17. The van der Waals surface area contributed by atoms with Crippen LogP contribution in [0.4, 0.5) is 15.9 Å². The smallest absolute Gasteiger partial charge is 0.256 e. The van der Waals surface area contributed by atoms with Gasteiger partial charge >= 0.3 is 0 Å². The van der Waals surface area contributed by atoms with Crippen molar-refractivity contribution in [3.63, 3.8) is 0 Å². The fourth-order valence-electron chi connectivity index (χ4n) is 3.92. The Balaban J connectivity index is 1.36. The monoisotopic (exact) mass is 494 g/mol. The molecule has 1 amide bonds. The van der Waals surface area contributed by atoms with E-state index in [-0.39, 0.29) is 17.5 Å². The van der Waals surface area contributed by atoms with Crippen LogP contribution in [0.5, 0.6) is 11.5 Å². The molecule has 8 nitrogen and oxygen atoms in total. The number of rotatable bonds is 8. The molecule has 1 aliphatic rings. The molecule has 35 heavy (non-hydrogen) atoms. The number of hydrogen-bond donors (Lipinski definition) is 2. The van der Waals surface area contributed by atoms with Gasteiger partial charge in [-0.25, -0.2) is 14.4 Å². The van der Waals surface area contributed by atoms with Crippen LogP contribution in [0.15, 0.2) is 55.0 Å². The number of benzene rings is 2. The Morgan fingerprint density at radius 1 is 1.26 bits per heavy atom. The van der Waals surface area contributed by atoms with E-state index in [4.69, 9.17) is 22.1 Å². The molecule has 0 atom stereocenters. The summed E-state index contributed by atoms with van der Waals surface area (Å²) < 4.78 is 22.2. The van der Waals surface area contributed by atoms with Crippen molar-refractivity contribution in [1.29, 1.82) is 0 Å². The molecule has 0 aliphatic heterocycles. The van der Waals surface area contributed by atoms with Crippen LogP contribution < -0.4 is 15.8 Å². The average molecular weight is 495 g/mol. The van der Waals surface area contributed by atoms with Crippen LogP contribution in [0.25, 0.3) is 11.0 Å². The topological polar surface area (TPSA) is 98.3 Å². The summed E-state index contributed by atoms with van der Waals surface area (Å²) in [6.45, 7) is 1.13. The highest BCUT2D eigenvalue weighted by atomic mass is 35.5. The van der Waals surface area contributed by atoms with E-state index < -0.39 is 5.82 Å². The Morgan fingerprint density at radius 3 is 2.83 bits per heavy atom. The second kappa shape index (κ2) is 9.52. The van der Waals surface area contributed by atoms with E-state index in [2.05, 4.69) is 15.3 Å². The highest BCUT2D eigenvalue weighted by Gasteiger charge is 2.31. The molecule has 4 aromatic rings. The average Bonchev–Trinajstić information content (AvgIpc) is 3.62. The van der Waals surface area contributed by atoms with Gasteiger partial charge in [0.2, 0.25) is 0 Å². The fourth-order valence-corrected chi connectivity index (χ4v) is 4.14. The SMILES string of the molecule is CN(C(=O)c1cc(Oc2ccc(Nc3ncnc4ccn(CCN)c34)cc2Cl)ccc1F)C1CC1. The summed E-state index contributed by atoms with van der Waals surface area (Å²) in [6, 6.07) is 11.4. The molecule has 0 unspecified atom stereocenters. The van der Waals surface area contributed by atoms with Crippen molar-refractivity contribution >= 4 is 40.0 Å². The number of nitrogens with one attached hydrogen (secondary N) is 1. The summed E-state index contributed by atoms with van der Waals surface area (Å²) in [7, 11) is 1.69. The Bertz CT molecular complexity index is 1400. The first-order valence-electron chi connectivity index (χ1n) is 11.3. The predicted octanol–water partition coefficient (Wildman–Crippen LogP) is 4.95. The van der Waals surface area contributed by atoms with E-state index in [1.54, 1.807) is 30.1 Å². The maximum Gasteiger partial charge on any atom is 0.256 e. The first-order valence-corrected chi connectivity index (χ1v) is 11.6. The Labute approximate surface area is 206 Å². The van der Waals surface area contributed by atoms with Crippen LogP contribution in [0.3, 0.4) is 0 Å². The third-order valence-electron chi connectivity index (χ3n) is 5.93. The van der Waals surface area contributed by atoms with Crippen molar-refractivity contribution in [3.05, 3.63) is 71.4 Å². The summed E-state index contributed by atoms with van der Waals surface area (Å²) in [5.74, 6) is 0.364. The number of hydrogen-bond acceptors (Lipinski definition) is 6. The molecule has 1 fully saturated rings. The second-order valence-corrected chi connectivity index (χ2v) is 8.82. The maximum atomic E-state index is 14.4. The molecule has 180 valence electrons. The highest BCUT2D eigenvalue weighted by molar-refractivity contribution is 6.32. The van der Waals surface area contributed by atoms with Crippen LogP contribution in [-0.4, -0.2) is 45.0 Å². The van der Waals surface area contributed by atoms with E-state index in [0.29, 0.717) is 41.1 Å². The van der Waals surface area contributed by atoms with Crippen molar-refractivity contribution in [3.8, 4) is 11.5 Å². The van der Waals surface area contributed by atoms with Crippen LogP contribution in [0, 0.1) is 5.82 Å². The van der Waals surface area contributed by atoms with Gasteiger partial charge < -0.3 is 25.3 Å². The zero-order chi connectivity index (χ0) is 24.5. The minimum atomic E-state index is -0.587. The van der Waals surface area contributed by atoms with E-state index in [1.807, 2.05) is 16.8 Å². The maximum absolute atomic E-state index is 14.4. The van der Waals surface area contributed by atoms with Gasteiger partial charge in [-0.15, -0.1) is 0 Å². The van der Waals surface area contributed by atoms with Crippen LogP contribution in [0.1, 0.15) is 23.2 Å². The molecule has 10 heteroatoms. The Morgan fingerprint density at radius 2 is 2.09 bits per heavy atom. The van der Waals surface area contributed by atoms with Crippen molar-refractivity contribution in [2.75, 3.05) is 18.9 Å². The predicted molar refractivity (Wildman–Crippen MR) is 133 cm³/mol. The van der Waals surface area contributed by atoms with E-state index in [0.717, 1.165) is 23.9 Å². The van der Waals surface area contributed by atoms with E-state index in [1.165, 1.54) is 24.5 Å². The normalized spacial score (nSPS) is 13.1. The molecule has 0 spiro atoms. The fraction of sp³-hybridized carbons (Fsp3) is 0.240. The lowest BCUT2D eigenvalue weighted by molar-refractivity contribution is 0.0780. The molecule has 5 rings (SSSR count). The number of fused-ring (bicyclic) bond motifs is 1. The molecule has 2 aromatic heterocycles. The van der Waals surface area contributed by atoms with Crippen LogP contribution in [0.2, 0.25) is 5.02 Å². The Kier molecular flexibility index (Phi) is 6.27. The molecule has 0 saturated heterocycles. The summed E-state index contributed by atoms with van der Waals surface area (Å²) >= 11 is 6.49. The van der Waals surface area contributed by atoms with Gasteiger partial charge in [-0.1, -0.05) is 11.6 Å². The van der Waals surface area contributed by atoms with Crippen LogP contribution >= 0.6 is 11.6 Å². The molecule has 0 radical (unpaired) electrons. The van der Waals surface area contributed by atoms with Crippen molar-refractivity contribution in [2.24, 2.45) is 5.73 Å². The van der Waals surface area contributed by atoms with Gasteiger partial charge in [-0.2, -0.15) is 0 Å². The quantitative estimate of drug-likeness (QED) is 0.359. The van der Waals surface area contributed by atoms with E-state index in [9.17, 15) is 9.18 Å². The largest absolute Gasteiger partial charge is 0.456 e. The standard InChI is InChI=1S/C25H24ClFN6O2/c1-32(16-3-4-16)25(34)18-13-17(5-6-20(18)27)35-22-7-2-15(12-19(22)26)31-24-23-21(29-14-30-24)8-10-33(23)11-9-28/h2,5-8,10,12-14,16H,3-4,9,11,28H2,1H3,(H,29,30,31). The minimum Gasteiger partial charge on any atom is -0.456 e. The number of anilines is 2. The second-order valence-electron chi connectivity index (χ2n) is 8.42. The number of halogens is 2. The van der Waals surface area contributed by atoms with Crippen molar-refractivity contribution in [2.45, 2.75) is 25.4 Å². The van der Waals surface area contributed by atoms with Gasteiger partial charge in [-0.3, -0.25) is 4.79 Å². The molecule has 1 saturated carbocycles. The molecule has 1 aliphatic carbocycles. The number of nitrogens with zero attached hydrogens (tertiary/aromatic N) is 4. The first kappa shape index (κ1) is 23.1. The highest BCUT2D eigenvalue weighted by Crippen LogP contribution is 2.34. The van der Waals surface area contributed by atoms with Gasteiger partial charge in [0.15, 0.2) is 5.82 Å². The van der Waals surface area contributed by atoms with Gasteiger partial charge in [-0.05, 0) is 55.3 Å². The first-order chi connectivity index (χ1) is 16.9. The number of ether oxygens (including phenoxy) is 1.